The van der Waals surface area contributed by atoms with E-state index in [1.807, 2.05) is 0 Å². The fourth-order valence-electron chi connectivity index (χ4n) is 3.19. The van der Waals surface area contributed by atoms with Crippen LogP contribution in [0.2, 0.25) is 0 Å². The van der Waals surface area contributed by atoms with Crippen LogP contribution in [0.1, 0.15) is 56.2 Å². The predicted octanol–water partition coefficient (Wildman–Crippen LogP) is 2.69. The first-order chi connectivity index (χ1) is 11.1. The van der Waals surface area contributed by atoms with Crippen molar-refractivity contribution in [2.45, 2.75) is 54.9 Å². The summed E-state index contributed by atoms with van der Waals surface area (Å²) in [4.78, 5) is 4.76. The van der Waals surface area contributed by atoms with Gasteiger partial charge in [-0.3, -0.25) is 0 Å². The number of nitrogens with zero attached hydrogens (tertiary/aromatic N) is 2. The van der Waals surface area contributed by atoms with Crippen LogP contribution in [0, 0.1) is 0 Å². The molecule has 2 fully saturated rings. The van der Waals surface area contributed by atoms with Gasteiger partial charge in [-0.2, -0.15) is 9.71 Å². The molecule has 6 nitrogen and oxygen atoms in total. The molecule has 0 saturated heterocycles. The summed E-state index contributed by atoms with van der Waals surface area (Å²) < 4.78 is 33.7. The Morgan fingerprint density at radius 2 is 1.83 bits per heavy atom. The van der Waals surface area contributed by atoms with E-state index in [9.17, 15) is 8.42 Å². The van der Waals surface area contributed by atoms with Gasteiger partial charge >= 0.3 is 0 Å². The molecule has 4 rings (SSSR count). The third-order valence-corrected chi connectivity index (χ3v) is 6.19. The average Bonchev–Trinajstić information content (AvgIpc) is 3.09. The predicted molar refractivity (Wildman–Crippen MR) is 83.2 cm³/mol. The number of hydrogen-bond acceptors (Lipinski definition) is 5. The third-order valence-electron chi connectivity index (χ3n) is 4.64. The van der Waals surface area contributed by atoms with Crippen molar-refractivity contribution in [3.63, 3.8) is 0 Å². The van der Waals surface area contributed by atoms with Crippen LogP contribution in [0.25, 0.3) is 0 Å². The minimum atomic E-state index is -3.62. The second kappa shape index (κ2) is 5.42. The monoisotopic (exact) mass is 333 g/mol. The van der Waals surface area contributed by atoms with Gasteiger partial charge in [-0.05, 0) is 37.8 Å². The fraction of sp³-hybridized carbons (Fsp3) is 0.500. The van der Waals surface area contributed by atoms with Gasteiger partial charge in [0.15, 0.2) is 5.82 Å². The van der Waals surface area contributed by atoms with Gasteiger partial charge < -0.3 is 4.52 Å². The molecule has 0 unspecified atom stereocenters. The van der Waals surface area contributed by atoms with E-state index in [0.717, 1.165) is 25.7 Å². The summed E-state index contributed by atoms with van der Waals surface area (Å²) in [6.07, 6.45) is 5.44. The van der Waals surface area contributed by atoms with Gasteiger partial charge in [-0.15, -0.1) is 0 Å². The molecule has 1 aromatic heterocycles. The molecule has 2 aliphatic rings. The fourth-order valence-corrected chi connectivity index (χ4v) is 4.63. The van der Waals surface area contributed by atoms with Crippen LogP contribution in [-0.2, 0) is 15.6 Å². The summed E-state index contributed by atoms with van der Waals surface area (Å²) in [5, 5.41) is 4.10. The zero-order chi connectivity index (χ0) is 15.9. The molecule has 7 heteroatoms. The van der Waals surface area contributed by atoms with E-state index in [0.29, 0.717) is 30.5 Å². The highest BCUT2D eigenvalue weighted by molar-refractivity contribution is 7.89. The zero-order valence-corrected chi connectivity index (χ0v) is 13.6. The largest absolute Gasteiger partial charge is 0.339 e. The lowest BCUT2D eigenvalue weighted by Crippen LogP contribution is -2.44. The van der Waals surface area contributed by atoms with Gasteiger partial charge in [0, 0.05) is 5.92 Å². The van der Waals surface area contributed by atoms with Gasteiger partial charge in [0.2, 0.25) is 15.9 Å². The Bertz CT molecular complexity index is 791. The van der Waals surface area contributed by atoms with Crippen molar-refractivity contribution in [3.05, 3.63) is 42.0 Å². The van der Waals surface area contributed by atoms with E-state index in [4.69, 9.17) is 4.52 Å². The van der Waals surface area contributed by atoms with Crippen LogP contribution >= 0.6 is 0 Å². The van der Waals surface area contributed by atoms with Crippen LogP contribution in [0.4, 0.5) is 0 Å². The molecule has 1 N–H and O–H groups in total. The average molecular weight is 333 g/mol. The van der Waals surface area contributed by atoms with Gasteiger partial charge in [0.05, 0.1) is 10.4 Å². The van der Waals surface area contributed by atoms with Gasteiger partial charge in [-0.1, -0.05) is 36.2 Å². The highest BCUT2D eigenvalue weighted by atomic mass is 32.2. The Balaban J connectivity index is 1.67. The summed E-state index contributed by atoms with van der Waals surface area (Å²) in [7, 11) is -3.62. The molecular formula is C16H19N3O3S. The lowest BCUT2D eigenvalue weighted by molar-refractivity contribution is 0.333. The molecule has 23 heavy (non-hydrogen) atoms. The van der Waals surface area contributed by atoms with Crippen molar-refractivity contribution >= 4 is 10.0 Å². The Kier molecular flexibility index (Phi) is 3.50. The van der Waals surface area contributed by atoms with E-state index >= 15 is 0 Å². The lowest BCUT2D eigenvalue weighted by atomic mass is 9.98. The first kappa shape index (κ1) is 14.8. The normalized spacial score (nSPS) is 20.7. The zero-order valence-electron chi connectivity index (χ0n) is 12.7. The lowest BCUT2D eigenvalue weighted by Gasteiger charge is -2.26. The van der Waals surface area contributed by atoms with Crippen LogP contribution < -0.4 is 4.72 Å². The van der Waals surface area contributed by atoms with Crippen LogP contribution in [0.5, 0.6) is 0 Å². The van der Waals surface area contributed by atoms with Gasteiger partial charge in [0.1, 0.15) is 0 Å². The third kappa shape index (κ3) is 2.79. The summed E-state index contributed by atoms with van der Waals surface area (Å²) in [5.74, 6) is 1.49. The summed E-state index contributed by atoms with van der Waals surface area (Å²) >= 11 is 0. The Morgan fingerprint density at radius 3 is 2.48 bits per heavy atom. The maximum absolute atomic E-state index is 12.7. The molecule has 0 atom stereocenters. The van der Waals surface area contributed by atoms with Crippen LogP contribution in [0.15, 0.2) is 39.8 Å². The molecule has 0 bridgehead atoms. The number of rotatable bonds is 5. The van der Waals surface area contributed by atoms with Crippen molar-refractivity contribution in [1.82, 2.24) is 14.9 Å². The molecule has 1 aromatic carbocycles. The second-order valence-electron chi connectivity index (χ2n) is 6.44. The van der Waals surface area contributed by atoms with E-state index in [-0.39, 0.29) is 4.90 Å². The molecule has 1 heterocycles. The number of hydrogen-bond donors (Lipinski definition) is 1. The minimum absolute atomic E-state index is 0.261. The topological polar surface area (TPSA) is 85.1 Å². The Morgan fingerprint density at radius 1 is 1.13 bits per heavy atom. The van der Waals surface area contributed by atoms with Crippen molar-refractivity contribution in [3.8, 4) is 0 Å². The summed E-state index contributed by atoms with van der Waals surface area (Å²) in [6, 6.07) is 8.42. The van der Waals surface area contributed by atoms with E-state index in [2.05, 4.69) is 14.9 Å². The molecule has 0 aliphatic heterocycles. The first-order valence-electron chi connectivity index (χ1n) is 8.02. The highest BCUT2D eigenvalue weighted by Gasteiger charge is 2.44. The number of nitrogens with one attached hydrogen (secondary N) is 1. The maximum atomic E-state index is 12.7. The Labute approximate surface area is 135 Å². The molecule has 122 valence electrons. The maximum Gasteiger partial charge on any atom is 0.241 e. The molecule has 0 amide bonds. The standard InChI is InChI=1S/C16H19N3O3S/c20-23(21,13-6-2-1-3-7-13)19-16(10-4-5-11-16)15-17-14(22-18-15)12-8-9-12/h1-3,6-7,12,19H,4-5,8-11H2. The molecule has 2 aliphatic carbocycles. The van der Waals surface area contributed by atoms with Crippen molar-refractivity contribution in [1.29, 1.82) is 0 Å². The van der Waals surface area contributed by atoms with E-state index in [1.165, 1.54) is 0 Å². The van der Waals surface area contributed by atoms with Crippen LogP contribution in [0.3, 0.4) is 0 Å². The SMILES string of the molecule is O=S(=O)(NC1(c2noc(C3CC3)n2)CCCC1)c1ccccc1. The van der Waals surface area contributed by atoms with Crippen molar-refractivity contribution in [2.75, 3.05) is 0 Å². The van der Waals surface area contributed by atoms with Crippen LogP contribution in [-0.4, -0.2) is 18.6 Å². The quantitative estimate of drug-likeness (QED) is 0.909. The minimum Gasteiger partial charge on any atom is -0.339 e. The highest BCUT2D eigenvalue weighted by Crippen LogP contribution is 2.42. The van der Waals surface area contributed by atoms with E-state index in [1.54, 1.807) is 30.3 Å². The van der Waals surface area contributed by atoms with E-state index < -0.39 is 15.6 Å². The summed E-state index contributed by atoms with van der Waals surface area (Å²) in [6.45, 7) is 0. The molecule has 0 radical (unpaired) electrons. The number of aromatic nitrogens is 2. The molecule has 0 spiro atoms. The van der Waals surface area contributed by atoms with Crippen molar-refractivity contribution in [2.24, 2.45) is 0 Å². The smallest absolute Gasteiger partial charge is 0.241 e. The molecular weight excluding hydrogens is 314 g/mol. The van der Waals surface area contributed by atoms with Gasteiger partial charge in [-0.25, -0.2) is 8.42 Å². The Hall–Kier alpha value is -1.73. The van der Waals surface area contributed by atoms with Gasteiger partial charge in [0.25, 0.3) is 0 Å². The number of sulfonamides is 1. The second-order valence-corrected chi connectivity index (χ2v) is 8.12. The van der Waals surface area contributed by atoms with Crippen molar-refractivity contribution < 1.29 is 12.9 Å². The first-order valence-corrected chi connectivity index (χ1v) is 9.51. The molecule has 2 saturated carbocycles. The molecule has 2 aromatic rings. The number of benzene rings is 1. The summed E-state index contributed by atoms with van der Waals surface area (Å²) in [5.41, 5.74) is -0.745.